The molecule has 1 aromatic heterocycles. The van der Waals surface area contributed by atoms with Gasteiger partial charge in [-0.15, -0.1) is 0 Å². The van der Waals surface area contributed by atoms with E-state index < -0.39 is 12.6 Å². The van der Waals surface area contributed by atoms with Gasteiger partial charge in [-0.3, -0.25) is 4.79 Å². The molecule has 0 atom stereocenters. The molecule has 0 bridgehead atoms. The Hall–Kier alpha value is -2.16. The van der Waals surface area contributed by atoms with E-state index in [1.807, 2.05) is 0 Å². The number of ether oxygens (including phenoxy) is 1. The number of hydrogen-bond donors (Lipinski definition) is 1. The molecule has 1 heterocycles. The molecular weight excluding hydrogens is 403 g/mol. The number of rotatable bonds is 7. The molecule has 0 aliphatic rings. The highest BCUT2D eigenvalue weighted by Gasteiger charge is 2.26. The summed E-state index contributed by atoms with van der Waals surface area (Å²) in [6, 6.07) is 6.73. The van der Waals surface area contributed by atoms with Crippen LogP contribution in [0.4, 0.5) is 24.8 Å². The van der Waals surface area contributed by atoms with E-state index in [1.54, 1.807) is 24.3 Å². The number of hydrogen-bond acceptors (Lipinski definition) is 5. The van der Waals surface area contributed by atoms with Crippen molar-refractivity contribution in [3.05, 3.63) is 40.5 Å². The van der Waals surface area contributed by atoms with Gasteiger partial charge in [0.25, 0.3) is 0 Å². The number of carbonyl (C=O) groups excluding carboxylic acids is 1. The summed E-state index contributed by atoms with van der Waals surface area (Å²) in [5.74, 6) is 0.339. The number of alkyl halides is 3. The standard InChI is InChI=1S/C16H15BrF3N3O2/c1-10(24)11-3-5-12(6-4-11)22-15-21-9-13(17)14(23-15)25-8-2-7-16(18,19)20/h3-6,9H,2,7-8H2,1H3,(H,21,22,23). The highest BCUT2D eigenvalue weighted by Crippen LogP contribution is 2.25. The second-order valence-electron chi connectivity index (χ2n) is 5.17. The van der Waals surface area contributed by atoms with Gasteiger partial charge in [0.2, 0.25) is 11.8 Å². The van der Waals surface area contributed by atoms with Crippen molar-refractivity contribution in [1.29, 1.82) is 0 Å². The van der Waals surface area contributed by atoms with Crippen LogP contribution in [0.3, 0.4) is 0 Å². The summed E-state index contributed by atoms with van der Waals surface area (Å²) in [6.45, 7) is 1.37. The molecule has 0 amide bonds. The number of aromatic nitrogens is 2. The van der Waals surface area contributed by atoms with Crippen LogP contribution in [-0.2, 0) is 0 Å². The van der Waals surface area contributed by atoms with Crippen LogP contribution in [0, 0.1) is 0 Å². The lowest BCUT2D eigenvalue weighted by atomic mass is 10.1. The first-order valence-electron chi connectivity index (χ1n) is 7.35. The molecule has 0 fully saturated rings. The van der Waals surface area contributed by atoms with Gasteiger partial charge in [-0.05, 0) is 53.5 Å². The zero-order valence-corrected chi connectivity index (χ0v) is 14.8. The molecule has 134 valence electrons. The van der Waals surface area contributed by atoms with Crippen LogP contribution < -0.4 is 10.1 Å². The predicted molar refractivity (Wildman–Crippen MR) is 90.2 cm³/mol. The van der Waals surface area contributed by atoms with Crippen LogP contribution in [0.25, 0.3) is 0 Å². The smallest absolute Gasteiger partial charge is 0.389 e. The maximum Gasteiger partial charge on any atom is 0.389 e. The quantitative estimate of drug-likeness (QED) is 0.512. The second kappa shape index (κ2) is 8.28. The van der Waals surface area contributed by atoms with Crippen LogP contribution in [0.5, 0.6) is 5.88 Å². The van der Waals surface area contributed by atoms with Crippen molar-refractivity contribution >= 4 is 33.3 Å². The largest absolute Gasteiger partial charge is 0.477 e. The average Bonchev–Trinajstić information content (AvgIpc) is 2.54. The third-order valence-corrected chi connectivity index (χ3v) is 3.65. The molecule has 5 nitrogen and oxygen atoms in total. The number of benzene rings is 1. The molecule has 0 spiro atoms. The highest BCUT2D eigenvalue weighted by molar-refractivity contribution is 9.10. The lowest BCUT2D eigenvalue weighted by Gasteiger charge is -2.10. The van der Waals surface area contributed by atoms with Crippen molar-refractivity contribution < 1.29 is 22.7 Å². The van der Waals surface area contributed by atoms with E-state index in [0.29, 0.717) is 15.7 Å². The number of Topliss-reactive ketones (excluding diaryl/α,β-unsaturated/α-hetero) is 1. The summed E-state index contributed by atoms with van der Waals surface area (Å²) in [4.78, 5) is 19.4. The number of halogens is 4. The summed E-state index contributed by atoms with van der Waals surface area (Å²) in [6.07, 6.45) is -3.83. The minimum atomic E-state index is -4.20. The third-order valence-electron chi connectivity index (χ3n) is 3.10. The van der Waals surface area contributed by atoms with E-state index in [9.17, 15) is 18.0 Å². The fourth-order valence-corrected chi connectivity index (χ4v) is 2.18. The fourth-order valence-electron chi connectivity index (χ4n) is 1.87. The molecule has 0 unspecified atom stereocenters. The molecule has 2 rings (SSSR count). The van der Waals surface area contributed by atoms with E-state index in [1.165, 1.54) is 13.1 Å². The van der Waals surface area contributed by atoms with E-state index in [4.69, 9.17) is 4.74 Å². The third kappa shape index (κ3) is 6.33. The molecule has 1 aromatic carbocycles. The van der Waals surface area contributed by atoms with E-state index in [-0.39, 0.29) is 30.6 Å². The van der Waals surface area contributed by atoms with Gasteiger partial charge in [-0.1, -0.05) is 0 Å². The van der Waals surface area contributed by atoms with Gasteiger partial charge in [0, 0.05) is 17.7 Å². The molecule has 2 aromatic rings. The Balaban J connectivity index is 1.99. The monoisotopic (exact) mass is 417 g/mol. The van der Waals surface area contributed by atoms with Crippen molar-refractivity contribution in [2.45, 2.75) is 25.9 Å². The number of nitrogens with zero attached hydrogens (tertiary/aromatic N) is 2. The zero-order chi connectivity index (χ0) is 18.4. The van der Waals surface area contributed by atoms with Crippen molar-refractivity contribution in [3.8, 4) is 5.88 Å². The number of ketones is 1. The Morgan fingerprint density at radius 3 is 2.56 bits per heavy atom. The van der Waals surface area contributed by atoms with E-state index in [0.717, 1.165) is 0 Å². The van der Waals surface area contributed by atoms with Crippen LogP contribution in [0.2, 0.25) is 0 Å². The summed E-state index contributed by atoms with van der Waals surface area (Å²) in [5.41, 5.74) is 1.24. The Morgan fingerprint density at radius 2 is 1.96 bits per heavy atom. The van der Waals surface area contributed by atoms with Gasteiger partial charge in [0.05, 0.1) is 17.3 Å². The van der Waals surface area contributed by atoms with Crippen molar-refractivity contribution in [3.63, 3.8) is 0 Å². The van der Waals surface area contributed by atoms with Crippen LogP contribution >= 0.6 is 15.9 Å². The van der Waals surface area contributed by atoms with Crippen LogP contribution in [-0.4, -0.2) is 28.5 Å². The Labute approximate surface area is 150 Å². The fraction of sp³-hybridized carbons (Fsp3) is 0.312. The van der Waals surface area contributed by atoms with Crippen LogP contribution in [0.1, 0.15) is 30.1 Å². The van der Waals surface area contributed by atoms with E-state index >= 15 is 0 Å². The van der Waals surface area contributed by atoms with Crippen molar-refractivity contribution in [2.75, 3.05) is 11.9 Å². The van der Waals surface area contributed by atoms with Gasteiger partial charge in [0.1, 0.15) is 0 Å². The first kappa shape index (κ1) is 19.2. The number of nitrogens with one attached hydrogen (secondary N) is 1. The van der Waals surface area contributed by atoms with Crippen molar-refractivity contribution in [2.24, 2.45) is 0 Å². The Morgan fingerprint density at radius 1 is 1.28 bits per heavy atom. The molecule has 9 heteroatoms. The molecule has 1 N–H and O–H groups in total. The topological polar surface area (TPSA) is 64.1 Å². The average molecular weight is 418 g/mol. The number of anilines is 2. The molecule has 0 radical (unpaired) electrons. The minimum absolute atomic E-state index is 0.0408. The molecule has 0 aliphatic carbocycles. The SMILES string of the molecule is CC(=O)c1ccc(Nc2ncc(Br)c(OCCCC(F)(F)F)n2)cc1. The van der Waals surface area contributed by atoms with Gasteiger partial charge >= 0.3 is 6.18 Å². The lowest BCUT2D eigenvalue weighted by molar-refractivity contribution is -0.136. The summed E-state index contributed by atoms with van der Waals surface area (Å²) >= 11 is 3.20. The molecule has 0 saturated heterocycles. The molecular formula is C16H15BrF3N3O2. The Kier molecular flexibility index (Phi) is 6.35. The molecule has 0 saturated carbocycles. The van der Waals surface area contributed by atoms with Gasteiger partial charge in [-0.25, -0.2) is 4.98 Å². The van der Waals surface area contributed by atoms with Crippen LogP contribution in [0.15, 0.2) is 34.9 Å². The van der Waals surface area contributed by atoms with E-state index in [2.05, 4.69) is 31.2 Å². The summed E-state index contributed by atoms with van der Waals surface area (Å²) < 4.78 is 42.1. The van der Waals surface area contributed by atoms with Crippen molar-refractivity contribution in [1.82, 2.24) is 9.97 Å². The highest BCUT2D eigenvalue weighted by atomic mass is 79.9. The maximum absolute atomic E-state index is 12.1. The number of carbonyl (C=O) groups is 1. The maximum atomic E-state index is 12.1. The lowest BCUT2D eigenvalue weighted by Crippen LogP contribution is -2.10. The first-order valence-corrected chi connectivity index (χ1v) is 8.14. The second-order valence-corrected chi connectivity index (χ2v) is 6.03. The summed E-state index contributed by atoms with van der Waals surface area (Å²) in [5, 5.41) is 2.94. The normalized spacial score (nSPS) is 11.2. The first-order chi connectivity index (χ1) is 11.7. The molecule has 0 aliphatic heterocycles. The Bertz CT molecular complexity index is 736. The summed E-state index contributed by atoms with van der Waals surface area (Å²) in [7, 11) is 0. The predicted octanol–water partition coefficient (Wildman–Crippen LogP) is 4.91. The van der Waals surface area contributed by atoms with Gasteiger partial charge < -0.3 is 10.1 Å². The molecule has 25 heavy (non-hydrogen) atoms. The van der Waals surface area contributed by atoms with Gasteiger partial charge in [-0.2, -0.15) is 18.2 Å². The zero-order valence-electron chi connectivity index (χ0n) is 13.2. The van der Waals surface area contributed by atoms with Gasteiger partial charge in [0.15, 0.2) is 5.78 Å². The minimum Gasteiger partial charge on any atom is -0.477 e.